The highest BCUT2D eigenvalue weighted by atomic mass is 16.3. The lowest BCUT2D eigenvalue weighted by molar-refractivity contribution is 0.104. The topological polar surface area (TPSA) is 57.5 Å². The summed E-state index contributed by atoms with van der Waals surface area (Å²) in [5.41, 5.74) is 1.65. The Bertz CT molecular complexity index is 742. The van der Waals surface area contributed by atoms with Crippen LogP contribution >= 0.6 is 0 Å². The van der Waals surface area contributed by atoms with Crippen molar-refractivity contribution < 1.29 is 15.0 Å². The number of ketones is 1. The third-order valence-electron chi connectivity index (χ3n) is 3.85. The Balaban J connectivity index is 2.39. The van der Waals surface area contributed by atoms with Crippen molar-refractivity contribution in [2.75, 3.05) is 0 Å². The lowest BCUT2D eigenvalue weighted by Crippen LogP contribution is -2.05. The number of rotatable bonds is 3. The maximum atomic E-state index is 12.1. The van der Waals surface area contributed by atoms with Gasteiger partial charge in [-0.3, -0.25) is 4.79 Å². The first-order chi connectivity index (χ1) is 9.65. The van der Waals surface area contributed by atoms with Crippen LogP contribution in [0.3, 0.4) is 0 Å². The van der Waals surface area contributed by atoms with E-state index in [4.69, 9.17) is 0 Å². The van der Waals surface area contributed by atoms with Crippen molar-refractivity contribution in [3.05, 3.63) is 41.0 Å². The van der Waals surface area contributed by atoms with Crippen LogP contribution in [0.15, 0.2) is 24.3 Å². The van der Waals surface area contributed by atoms with Crippen molar-refractivity contribution in [2.45, 2.75) is 26.2 Å². The van der Waals surface area contributed by atoms with Crippen LogP contribution < -0.4 is 0 Å². The predicted octanol–water partition coefficient (Wildman–Crippen LogP) is 3.80. The number of unbranched alkanes of at least 4 members (excludes halogenated alkanes) is 1. The molecule has 0 saturated carbocycles. The van der Waals surface area contributed by atoms with Gasteiger partial charge in [0, 0.05) is 16.3 Å². The Morgan fingerprint density at radius 3 is 2.65 bits per heavy atom. The van der Waals surface area contributed by atoms with E-state index >= 15 is 0 Å². The van der Waals surface area contributed by atoms with Crippen LogP contribution in [-0.4, -0.2) is 16.0 Å². The van der Waals surface area contributed by atoms with Crippen molar-refractivity contribution in [1.82, 2.24) is 0 Å². The van der Waals surface area contributed by atoms with Gasteiger partial charge < -0.3 is 10.2 Å². The Hall–Kier alpha value is -2.29. The zero-order valence-corrected chi connectivity index (χ0v) is 11.3. The summed E-state index contributed by atoms with van der Waals surface area (Å²) in [4.78, 5) is 12.1. The molecule has 3 heteroatoms. The maximum absolute atomic E-state index is 12.1. The highest BCUT2D eigenvalue weighted by Gasteiger charge is 2.25. The molecule has 2 aromatic rings. The van der Waals surface area contributed by atoms with Crippen molar-refractivity contribution in [2.24, 2.45) is 0 Å². The van der Waals surface area contributed by atoms with Crippen LogP contribution in [0.2, 0.25) is 0 Å². The van der Waals surface area contributed by atoms with Crippen molar-refractivity contribution in [3.8, 4) is 11.5 Å². The molecule has 20 heavy (non-hydrogen) atoms. The van der Waals surface area contributed by atoms with E-state index in [1.165, 1.54) is 6.08 Å². The van der Waals surface area contributed by atoms with Gasteiger partial charge in [0.05, 0.1) is 5.56 Å². The number of phenolic OH excluding ortho intramolecular Hbond substituents is 2. The minimum Gasteiger partial charge on any atom is -0.507 e. The van der Waals surface area contributed by atoms with Gasteiger partial charge in [-0.25, -0.2) is 0 Å². The first-order valence-electron chi connectivity index (χ1n) is 6.87. The number of aromatic hydroxyl groups is 2. The lowest BCUT2D eigenvalue weighted by atomic mass is 9.87. The van der Waals surface area contributed by atoms with Gasteiger partial charge in [-0.1, -0.05) is 37.6 Å². The minimum atomic E-state index is -0.205. The molecule has 0 aliphatic heterocycles. The van der Waals surface area contributed by atoms with E-state index in [9.17, 15) is 15.0 Å². The van der Waals surface area contributed by atoms with Crippen molar-refractivity contribution >= 4 is 22.6 Å². The summed E-state index contributed by atoms with van der Waals surface area (Å²) in [7, 11) is 0. The van der Waals surface area contributed by atoms with Gasteiger partial charge >= 0.3 is 0 Å². The molecule has 0 radical (unpaired) electrons. The second kappa shape index (κ2) is 4.67. The van der Waals surface area contributed by atoms with E-state index < -0.39 is 0 Å². The number of allylic oxidation sites excluding steroid dienone is 1. The van der Waals surface area contributed by atoms with Crippen LogP contribution in [0.4, 0.5) is 0 Å². The molecule has 0 bridgehead atoms. The Morgan fingerprint density at radius 2 is 1.90 bits per heavy atom. The van der Waals surface area contributed by atoms with Crippen molar-refractivity contribution in [3.63, 3.8) is 0 Å². The molecule has 1 aliphatic carbocycles. The third-order valence-corrected chi connectivity index (χ3v) is 3.85. The third kappa shape index (κ3) is 1.70. The van der Waals surface area contributed by atoms with E-state index in [-0.39, 0.29) is 17.3 Å². The molecule has 102 valence electrons. The van der Waals surface area contributed by atoms with Gasteiger partial charge in [0.2, 0.25) is 0 Å². The fourth-order valence-corrected chi connectivity index (χ4v) is 2.81. The van der Waals surface area contributed by atoms with E-state index in [0.717, 1.165) is 18.4 Å². The zero-order chi connectivity index (χ0) is 14.3. The summed E-state index contributed by atoms with van der Waals surface area (Å²) >= 11 is 0. The molecule has 1 aliphatic rings. The van der Waals surface area contributed by atoms with Crippen LogP contribution in [-0.2, 0) is 6.42 Å². The fourth-order valence-electron chi connectivity index (χ4n) is 2.81. The second-order valence-electron chi connectivity index (χ2n) is 5.12. The zero-order valence-electron chi connectivity index (χ0n) is 11.3. The molecule has 0 amide bonds. The first kappa shape index (κ1) is 12.7. The van der Waals surface area contributed by atoms with Gasteiger partial charge in [0.15, 0.2) is 5.78 Å². The second-order valence-corrected chi connectivity index (χ2v) is 5.12. The Labute approximate surface area is 117 Å². The molecule has 3 rings (SSSR count). The molecule has 0 heterocycles. The number of hydrogen-bond donors (Lipinski definition) is 2. The number of phenols is 2. The average molecular weight is 268 g/mol. The molecule has 0 saturated heterocycles. The molecule has 2 aromatic carbocycles. The standard InChI is InChI=1S/C17H16O3/c1-2-3-6-12-16(19)11-7-4-5-10-8-9-13(18)15(14(10)11)17(12)20/h4-5,7-9,19-20H,2-3,6H2,1H3. The smallest absolute Gasteiger partial charge is 0.190 e. The van der Waals surface area contributed by atoms with Crippen LogP contribution in [0.5, 0.6) is 11.5 Å². The van der Waals surface area contributed by atoms with E-state index in [2.05, 4.69) is 0 Å². The van der Waals surface area contributed by atoms with Crippen LogP contribution in [0, 0.1) is 0 Å². The highest BCUT2D eigenvalue weighted by Crippen LogP contribution is 2.43. The molecular weight excluding hydrogens is 252 g/mol. The maximum Gasteiger partial charge on any atom is 0.190 e. The molecular formula is C17H16O3. The predicted molar refractivity (Wildman–Crippen MR) is 79.3 cm³/mol. The molecule has 0 fully saturated rings. The summed E-state index contributed by atoms with van der Waals surface area (Å²) in [6.45, 7) is 2.05. The molecule has 0 unspecified atom stereocenters. The van der Waals surface area contributed by atoms with Gasteiger partial charge in [-0.2, -0.15) is 0 Å². The monoisotopic (exact) mass is 268 g/mol. The largest absolute Gasteiger partial charge is 0.507 e. The summed E-state index contributed by atoms with van der Waals surface area (Å²) in [5, 5.41) is 22.1. The highest BCUT2D eigenvalue weighted by molar-refractivity contribution is 6.22. The van der Waals surface area contributed by atoms with Crippen molar-refractivity contribution in [1.29, 1.82) is 0 Å². The molecule has 2 N–H and O–H groups in total. The van der Waals surface area contributed by atoms with E-state index in [1.807, 2.05) is 19.1 Å². The first-order valence-corrected chi connectivity index (χ1v) is 6.87. The van der Waals surface area contributed by atoms with Gasteiger partial charge in [-0.05, 0) is 24.5 Å². The fraction of sp³-hybridized carbons (Fsp3) is 0.235. The minimum absolute atomic E-state index is 0.0646. The molecule has 3 nitrogen and oxygen atoms in total. The van der Waals surface area contributed by atoms with Gasteiger partial charge in [-0.15, -0.1) is 0 Å². The molecule has 0 atom stereocenters. The Morgan fingerprint density at radius 1 is 1.10 bits per heavy atom. The summed E-state index contributed by atoms with van der Waals surface area (Å²) in [5.74, 6) is -0.172. The van der Waals surface area contributed by atoms with Gasteiger partial charge in [0.25, 0.3) is 0 Å². The van der Waals surface area contributed by atoms with Crippen LogP contribution in [0.1, 0.15) is 41.3 Å². The average Bonchev–Trinajstić information content (AvgIpc) is 2.45. The Kier molecular flexibility index (Phi) is 2.97. The quantitative estimate of drug-likeness (QED) is 0.890. The number of hydrogen-bond acceptors (Lipinski definition) is 3. The summed E-state index contributed by atoms with van der Waals surface area (Å²) < 4.78 is 0. The van der Waals surface area contributed by atoms with Gasteiger partial charge in [0.1, 0.15) is 11.5 Å². The van der Waals surface area contributed by atoms with E-state index in [1.54, 1.807) is 12.1 Å². The normalized spacial score (nSPS) is 13.2. The number of benzene rings is 2. The summed E-state index contributed by atoms with van der Waals surface area (Å²) in [6.07, 6.45) is 5.58. The summed E-state index contributed by atoms with van der Waals surface area (Å²) in [6, 6.07) is 5.51. The van der Waals surface area contributed by atoms with E-state index in [0.29, 0.717) is 28.3 Å². The molecule has 0 aromatic heterocycles. The lowest BCUT2D eigenvalue weighted by Gasteiger charge is -2.18. The number of carbonyl (C=O) groups excluding carboxylic acids is 1. The SMILES string of the molecule is CCCCc1c(O)c2c3c(cccc3c1O)C=CC2=O. The number of carbonyl (C=O) groups is 1. The molecule has 0 spiro atoms. The van der Waals surface area contributed by atoms with Crippen LogP contribution in [0.25, 0.3) is 16.8 Å².